The molecule has 2 N–H and O–H groups in total. The van der Waals surface area contributed by atoms with Crippen LogP contribution in [0.2, 0.25) is 0 Å². The third-order valence-corrected chi connectivity index (χ3v) is 5.95. The Balaban J connectivity index is 1.67. The first-order valence-corrected chi connectivity index (χ1v) is 10.3. The summed E-state index contributed by atoms with van der Waals surface area (Å²) >= 11 is 0. The first kappa shape index (κ1) is 20.4. The topological polar surface area (TPSA) is 78.5 Å². The van der Waals surface area contributed by atoms with Crippen LogP contribution in [0.25, 0.3) is 0 Å². The highest BCUT2D eigenvalue weighted by Crippen LogP contribution is 2.30. The van der Waals surface area contributed by atoms with Gasteiger partial charge in [0, 0.05) is 6.04 Å². The Morgan fingerprint density at radius 2 is 1.75 bits per heavy atom. The summed E-state index contributed by atoms with van der Waals surface area (Å²) in [6.45, 7) is 5.67. The summed E-state index contributed by atoms with van der Waals surface area (Å²) in [5.74, 6) is -0.263. The van der Waals surface area contributed by atoms with Crippen LogP contribution in [0.5, 0.6) is 0 Å². The van der Waals surface area contributed by atoms with E-state index in [1.807, 2.05) is 24.3 Å². The zero-order valence-electron chi connectivity index (χ0n) is 17.1. The first-order chi connectivity index (χ1) is 13.3. The van der Waals surface area contributed by atoms with Gasteiger partial charge in [0.25, 0.3) is 5.91 Å². The van der Waals surface area contributed by atoms with Crippen LogP contribution in [-0.4, -0.2) is 35.3 Å². The van der Waals surface area contributed by atoms with Gasteiger partial charge in [-0.2, -0.15) is 0 Å². The van der Waals surface area contributed by atoms with E-state index in [1.165, 1.54) is 18.4 Å². The van der Waals surface area contributed by atoms with Crippen LogP contribution in [0.3, 0.4) is 0 Å². The van der Waals surface area contributed by atoms with Gasteiger partial charge in [0.15, 0.2) is 0 Å². The Hall–Kier alpha value is -2.37. The van der Waals surface area contributed by atoms with E-state index in [2.05, 4.69) is 24.5 Å². The lowest BCUT2D eigenvalue weighted by molar-refractivity contribution is -0.135. The van der Waals surface area contributed by atoms with Crippen LogP contribution in [0.1, 0.15) is 76.3 Å². The van der Waals surface area contributed by atoms with Crippen molar-refractivity contribution < 1.29 is 14.4 Å². The Labute approximate surface area is 167 Å². The number of nitrogens with zero attached hydrogens (tertiary/aromatic N) is 1. The molecule has 1 atom stereocenters. The predicted molar refractivity (Wildman–Crippen MR) is 108 cm³/mol. The fourth-order valence-corrected chi connectivity index (χ4v) is 4.08. The highest BCUT2D eigenvalue weighted by Gasteiger charge is 2.49. The number of hydrogen-bond acceptors (Lipinski definition) is 3. The second kappa shape index (κ2) is 8.33. The molecule has 0 aromatic heterocycles. The number of imide groups is 1. The molecule has 6 nitrogen and oxygen atoms in total. The van der Waals surface area contributed by atoms with Crippen molar-refractivity contribution in [2.75, 3.05) is 6.54 Å². The van der Waals surface area contributed by atoms with E-state index in [9.17, 15) is 14.4 Å². The van der Waals surface area contributed by atoms with E-state index in [0.29, 0.717) is 5.92 Å². The lowest BCUT2D eigenvalue weighted by atomic mass is 9.90. The standard InChI is InChI=1S/C22H31N3O3/c1-15(2)16-10-12-17(13-11-16)22(3)20(27)25(21(28)24-22)14-19(26)23-18-8-6-4-5-7-9-18/h10-13,15,18H,4-9,14H2,1-3H3,(H,23,26)(H,24,28)/t22-/m0/s1. The first-order valence-electron chi connectivity index (χ1n) is 10.3. The minimum atomic E-state index is -1.14. The predicted octanol–water partition coefficient (Wildman–Crippen LogP) is 3.42. The van der Waals surface area contributed by atoms with Gasteiger partial charge in [0.05, 0.1) is 0 Å². The summed E-state index contributed by atoms with van der Waals surface area (Å²) in [6, 6.07) is 7.34. The summed E-state index contributed by atoms with van der Waals surface area (Å²) in [6.07, 6.45) is 6.55. The quantitative estimate of drug-likeness (QED) is 0.602. The van der Waals surface area contributed by atoms with Gasteiger partial charge in [-0.25, -0.2) is 4.79 Å². The van der Waals surface area contributed by atoms with Crippen LogP contribution in [0.4, 0.5) is 4.79 Å². The smallest absolute Gasteiger partial charge is 0.325 e. The average Bonchev–Trinajstić information content (AvgIpc) is 2.85. The average molecular weight is 386 g/mol. The molecular formula is C22H31N3O3. The number of amides is 4. The fourth-order valence-electron chi connectivity index (χ4n) is 4.08. The zero-order valence-corrected chi connectivity index (χ0v) is 17.1. The number of rotatable bonds is 5. The van der Waals surface area contributed by atoms with Gasteiger partial charge in [-0.1, -0.05) is 63.8 Å². The van der Waals surface area contributed by atoms with Crippen molar-refractivity contribution >= 4 is 17.8 Å². The van der Waals surface area contributed by atoms with Crippen molar-refractivity contribution in [1.82, 2.24) is 15.5 Å². The van der Waals surface area contributed by atoms with E-state index in [-0.39, 0.29) is 24.4 Å². The molecule has 1 aromatic rings. The van der Waals surface area contributed by atoms with Gasteiger partial charge in [-0.3, -0.25) is 14.5 Å². The molecule has 6 heteroatoms. The summed E-state index contributed by atoms with van der Waals surface area (Å²) < 4.78 is 0. The summed E-state index contributed by atoms with van der Waals surface area (Å²) in [5.41, 5.74) is 0.750. The molecule has 3 rings (SSSR count). The third kappa shape index (κ3) is 4.21. The van der Waals surface area contributed by atoms with E-state index >= 15 is 0 Å². The second-order valence-electron chi connectivity index (χ2n) is 8.48. The molecule has 1 heterocycles. The molecule has 0 radical (unpaired) electrons. The minimum absolute atomic E-state index is 0.144. The van der Waals surface area contributed by atoms with Gasteiger partial charge in [0.2, 0.25) is 5.91 Å². The minimum Gasteiger partial charge on any atom is -0.352 e. The Bertz CT molecular complexity index is 736. The van der Waals surface area contributed by atoms with E-state index in [0.717, 1.165) is 36.1 Å². The van der Waals surface area contributed by atoms with Gasteiger partial charge in [-0.05, 0) is 36.8 Å². The fraction of sp³-hybridized carbons (Fsp3) is 0.591. The van der Waals surface area contributed by atoms with Gasteiger partial charge < -0.3 is 10.6 Å². The molecule has 0 unspecified atom stereocenters. The van der Waals surface area contributed by atoms with Crippen molar-refractivity contribution in [3.05, 3.63) is 35.4 Å². The van der Waals surface area contributed by atoms with Crippen LogP contribution < -0.4 is 10.6 Å². The van der Waals surface area contributed by atoms with E-state index in [4.69, 9.17) is 0 Å². The highest BCUT2D eigenvalue weighted by atomic mass is 16.2. The van der Waals surface area contributed by atoms with Gasteiger partial charge >= 0.3 is 6.03 Å². The SMILES string of the molecule is CC(C)c1ccc([C@]2(C)NC(=O)N(CC(=O)NC3CCCCCC3)C2=O)cc1. The zero-order chi connectivity index (χ0) is 20.3. The van der Waals surface area contributed by atoms with E-state index in [1.54, 1.807) is 6.92 Å². The molecule has 1 aliphatic heterocycles. The van der Waals surface area contributed by atoms with Crippen LogP contribution in [-0.2, 0) is 15.1 Å². The normalized spacial score (nSPS) is 23.6. The van der Waals surface area contributed by atoms with Gasteiger partial charge in [-0.15, -0.1) is 0 Å². The van der Waals surface area contributed by atoms with E-state index < -0.39 is 11.6 Å². The third-order valence-electron chi connectivity index (χ3n) is 5.95. The largest absolute Gasteiger partial charge is 0.352 e. The molecule has 0 bridgehead atoms. The van der Waals surface area contributed by atoms with Crippen LogP contribution in [0.15, 0.2) is 24.3 Å². The molecule has 28 heavy (non-hydrogen) atoms. The Morgan fingerprint density at radius 1 is 1.14 bits per heavy atom. The molecule has 1 aromatic carbocycles. The molecule has 0 spiro atoms. The monoisotopic (exact) mass is 385 g/mol. The number of carbonyl (C=O) groups is 3. The molecule has 152 valence electrons. The highest BCUT2D eigenvalue weighted by molar-refractivity contribution is 6.09. The maximum absolute atomic E-state index is 13.0. The number of benzene rings is 1. The van der Waals surface area contributed by atoms with Crippen LogP contribution >= 0.6 is 0 Å². The number of urea groups is 1. The van der Waals surface area contributed by atoms with Crippen LogP contribution in [0, 0.1) is 0 Å². The molecule has 1 aliphatic carbocycles. The lowest BCUT2D eigenvalue weighted by Crippen LogP contribution is -2.45. The molecule has 2 fully saturated rings. The van der Waals surface area contributed by atoms with Crippen molar-refractivity contribution in [3.63, 3.8) is 0 Å². The Morgan fingerprint density at radius 3 is 2.32 bits per heavy atom. The number of carbonyl (C=O) groups excluding carboxylic acids is 3. The molecule has 1 saturated carbocycles. The maximum Gasteiger partial charge on any atom is 0.325 e. The van der Waals surface area contributed by atoms with Crippen molar-refractivity contribution in [2.45, 2.75) is 76.8 Å². The van der Waals surface area contributed by atoms with Crippen molar-refractivity contribution in [2.24, 2.45) is 0 Å². The van der Waals surface area contributed by atoms with Crippen molar-refractivity contribution in [1.29, 1.82) is 0 Å². The maximum atomic E-state index is 13.0. The lowest BCUT2D eigenvalue weighted by Gasteiger charge is -2.23. The molecule has 1 saturated heterocycles. The summed E-state index contributed by atoms with van der Waals surface area (Å²) in [7, 11) is 0. The number of hydrogen-bond donors (Lipinski definition) is 2. The number of nitrogens with one attached hydrogen (secondary N) is 2. The summed E-state index contributed by atoms with van der Waals surface area (Å²) in [5, 5.41) is 5.77. The molecular weight excluding hydrogens is 354 g/mol. The summed E-state index contributed by atoms with van der Waals surface area (Å²) in [4.78, 5) is 38.9. The van der Waals surface area contributed by atoms with Gasteiger partial charge in [0.1, 0.15) is 12.1 Å². The molecule has 4 amide bonds. The second-order valence-corrected chi connectivity index (χ2v) is 8.48. The van der Waals surface area contributed by atoms with Crippen molar-refractivity contribution in [3.8, 4) is 0 Å². The Kier molecular flexibility index (Phi) is 6.06. The molecule has 2 aliphatic rings.